The monoisotopic (exact) mass is 270 g/mol. The molecule has 0 N–H and O–H groups in total. The molecule has 1 fully saturated rings. The molecule has 1 aliphatic rings. The highest BCUT2D eigenvalue weighted by molar-refractivity contribution is 5.73. The molecule has 0 aromatic heterocycles. The molecule has 3 nitrogen and oxygen atoms in total. The van der Waals surface area contributed by atoms with Crippen molar-refractivity contribution >= 4 is 5.97 Å². The minimum atomic E-state index is -0.0714. The van der Waals surface area contributed by atoms with Crippen molar-refractivity contribution in [1.29, 1.82) is 0 Å². The van der Waals surface area contributed by atoms with Gasteiger partial charge in [-0.2, -0.15) is 0 Å². The summed E-state index contributed by atoms with van der Waals surface area (Å²) in [6.07, 6.45) is 3.04. The maximum absolute atomic E-state index is 12.3. The minimum Gasteiger partial charge on any atom is -0.463 e. The zero-order valence-corrected chi connectivity index (χ0v) is 13.4. The Morgan fingerprint density at radius 1 is 1.26 bits per heavy atom. The predicted molar refractivity (Wildman–Crippen MR) is 77.0 cm³/mol. The lowest BCUT2D eigenvalue weighted by molar-refractivity contribution is -0.157. The first-order valence-electron chi connectivity index (χ1n) is 7.38. The van der Waals surface area contributed by atoms with Crippen LogP contribution in [0.2, 0.25) is 0 Å². The summed E-state index contributed by atoms with van der Waals surface area (Å²) >= 11 is 0. The van der Waals surface area contributed by atoms with Gasteiger partial charge >= 0.3 is 5.97 Å². The van der Waals surface area contributed by atoms with E-state index in [1.54, 1.807) is 0 Å². The zero-order chi connectivity index (χ0) is 14.7. The summed E-state index contributed by atoms with van der Waals surface area (Å²) in [5.74, 6) is -0.133. The van der Waals surface area contributed by atoms with Gasteiger partial charge in [0, 0.05) is 6.61 Å². The largest absolute Gasteiger partial charge is 0.463 e. The Morgan fingerprint density at radius 3 is 2.32 bits per heavy atom. The Morgan fingerprint density at radius 2 is 1.89 bits per heavy atom. The van der Waals surface area contributed by atoms with Gasteiger partial charge in [0.1, 0.15) is 6.61 Å². The Labute approximate surface area is 118 Å². The van der Waals surface area contributed by atoms with Crippen molar-refractivity contribution in [2.45, 2.75) is 66.9 Å². The zero-order valence-electron chi connectivity index (χ0n) is 13.4. The third kappa shape index (κ3) is 5.94. The van der Waals surface area contributed by atoms with E-state index in [4.69, 9.17) is 9.47 Å². The maximum atomic E-state index is 12.3. The number of carbonyl (C=O) groups excluding carboxylic acids is 1. The average Bonchev–Trinajstić information content (AvgIpc) is 2.72. The van der Waals surface area contributed by atoms with Gasteiger partial charge in [0.15, 0.2) is 0 Å². The molecule has 1 rings (SSSR count). The molecule has 2 atom stereocenters. The van der Waals surface area contributed by atoms with Gasteiger partial charge in [0.25, 0.3) is 0 Å². The topological polar surface area (TPSA) is 35.5 Å². The van der Waals surface area contributed by atoms with Crippen LogP contribution in [0.15, 0.2) is 0 Å². The first-order valence-corrected chi connectivity index (χ1v) is 7.38. The smallest absolute Gasteiger partial charge is 0.309 e. The molecule has 0 bridgehead atoms. The van der Waals surface area contributed by atoms with E-state index in [1.807, 2.05) is 0 Å². The molecule has 1 saturated heterocycles. The molecule has 1 heterocycles. The van der Waals surface area contributed by atoms with Crippen molar-refractivity contribution in [3.63, 3.8) is 0 Å². The molecule has 0 aromatic carbocycles. The molecule has 0 aliphatic carbocycles. The van der Waals surface area contributed by atoms with Crippen molar-refractivity contribution in [2.24, 2.45) is 16.7 Å². The van der Waals surface area contributed by atoms with Crippen LogP contribution in [0.3, 0.4) is 0 Å². The van der Waals surface area contributed by atoms with Crippen molar-refractivity contribution in [3.8, 4) is 0 Å². The van der Waals surface area contributed by atoms with Gasteiger partial charge in [0.05, 0.1) is 12.0 Å². The molecule has 0 spiro atoms. The van der Waals surface area contributed by atoms with Crippen LogP contribution >= 0.6 is 0 Å². The second-order valence-corrected chi connectivity index (χ2v) is 7.95. The summed E-state index contributed by atoms with van der Waals surface area (Å²) in [6.45, 7) is 14.0. The summed E-state index contributed by atoms with van der Waals surface area (Å²) < 4.78 is 11.0. The van der Waals surface area contributed by atoms with E-state index in [0.29, 0.717) is 6.61 Å². The molecule has 19 heavy (non-hydrogen) atoms. The molecule has 0 saturated carbocycles. The highest BCUT2D eigenvalue weighted by atomic mass is 16.6. The molecule has 0 radical (unpaired) electrons. The molecule has 2 unspecified atom stereocenters. The van der Waals surface area contributed by atoms with E-state index in [9.17, 15) is 4.79 Å². The maximum Gasteiger partial charge on any atom is 0.309 e. The van der Waals surface area contributed by atoms with E-state index < -0.39 is 0 Å². The Bertz CT molecular complexity index is 290. The van der Waals surface area contributed by atoms with Crippen molar-refractivity contribution in [1.82, 2.24) is 0 Å². The predicted octanol–water partition coefficient (Wildman–Crippen LogP) is 3.81. The molecule has 0 aromatic rings. The summed E-state index contributed by atoms with van der Waals surface area (Å²) in [5.41, 5.74) is 0.0573. The summed E-state index contributed by atoms with van der Waals surface area (Å²) in [6, 6.07) is 0. The highest BCUT2D eigenvalue weighted by Crippen LogP contribution is 2.36. The summed E-state index contributed by atoms with van der Waals surface area (Å²) in [7, 11) is 0. The third-order valence-electron chi connectivity index (χ3n) is 3.58. The Hall–Kier alpha value is -0.570. The highest BCUT2D eigenvalue weighted by Gasteiger charge is 2.36. The van der Waals surface area contributed by atoms with E-state index in [0.717, 1.165) is 25.9 Å². The second-order valence-electron chi connectivity index (χ2n) is 7.95. The van der Waals surface area contributed by atoms with Crippen molar-refractivity contribution < 1.29 is 14.3 Å². The minimum absolute atomic E-state index is 0.0612. The first-order chi connectivity index (χ1) is 8.59. The SMILES string of the molecule is CC(C)(C)CC(C(=O)OCC1CCCO1)C(C)(C)C. The van der Waals surface area contributed by atoms with Gasteiger partial charge in [-0.25, -0.2) is 0 Å². The van der Waals surface area contributed by atoms with Crippen LogP contribution in [-0.2, 0) is 14.3 Å². The number of esters is 1. The van der Waals surface area contributed by atoms with Crippen LogP contribution in [-0.4, -0.2) is 25.3 Å². The Kier molecular flexibility index (Phi) is 5.43. The van der Waals surface area contributed by atoms with Crippen LogP contribution < -0.4 is 0 Å². The first kappa shape index (κ1) is 16.5. The van der Waals surface area contributed by atoms with E-state index in [-0.39, 0.29) is 28.8 Å². The molecular weight excluding hydrogens is 240 g/mol. The number of ether oxygens (including phenoxy) is 2. The number of rotatable bonds is 4. The number of hydrogen-bond acceptors (Lipinski definition) is 3. The van der Waals surface area contributed by atoms with Gasteiger partial charge in [-0.05, 0) is 30.1 Å². The Balaban J connectivity index is 2.56. The van der Waals surface area contributed by atoms with Crippen molar-refractivity contribution in [2.75, 3.05) is 13.2 Å². The summed E-state index contributed by atoms with van der Waals surface area (Å²) in [4.78, 5) is 12.3. The van der Waals surface area contributed by atoms with Crippen LogP contribution in [0.1, 0.15) is 60.8 Å². The fraction of sp³-hybridized carbons (Fsp3) is 0.938. The summed E-state index contributed by atoms with van der Waals surface area (Å²) in [5, 5.41) is 0. The van der Waals surface area contributed by atoms with Crippen LogP contribution in [0.25, 0.3) is 0 Å². The van der Waals surface area contributed by atoms with Gasteiger partial charge < -0.3 is 9.47 Å². The van der Waals surface area contributed by atoms with E-state index >= 15 is 0 Å². The van der Waals surface area contributed by atoms with Crippen LogP contribution in [0, 0.1) is 16.7 Å². The second kappa shape index (κ2) is 6.25. The van der Waals surface area contributed by atoms with Gasteiger partial charge in [-0.3, -0.25) is 4.79 Å². The van der Waals surface area contributed by atoms with E-state index in [1.165, 1.54) is 0 Å². The normalized spacial score (nSPS) is 22.3. The van der Waals surface area contributed by atoms with Crippen LogP contribution in [0.4, 0.5) is 0 Å². The van der Waals surface area contributed by atoms with E-state index in [2.05, 4.69) is 41.5 Å². The van der Waals surface area contributed by atoms with Gasteiger partial charge in [-0.1, -0.05) is 41.5 Å². The molecule has 112 valence electrons. The molecule has 1 aliphatic heterocycles. The van der Waals surface area contributed by atoms with Gasteiger partial charge in [0.2, 0.25) is 0 Å². The van der Waals surface area contributed by atoms with Crippen molar-refractivity contribution in [3.05, 3.63) is 0 Å². The average molecular weight is 270 g/mol. The van der Waals surface area contributed by atoms with Crippen LogP contribution in [0.5, 0.6) is 0 Å². The van der Waals surface area contributed by atoms with Gasteiger partial charge in [-0.15, -0.1) is 0 Å². The molecular formula is C16H30O3. The quantitative estimate of drug-likeness (QED) is 0.729. The fourth-order valence-electron chi connectivity index (χ4n) is 2.41. The number of hydrogen-bond donors (Lipinski definition) is 0. The standard InChI is InChI=1S/C16H30O3/c1-15(2,3)10-13(16(4,5)6)14(17)19-11-12-8-7-9-18-12/h12-13H,7-11H2,1-6H3. The lowest BCUT2D eigenvalue weighted by Gasteiger charge is -2.34. The fourth-order valence-corrected chi connectivity index (χ4v) is 2.41. The lowest BCUT2D eigenvalue weighted by atomic mass is 9.72. The third-order valence-corrected chi connectivity index (χ3v) is 3.58. The number of carbonyl (C=O) groups is 1. The molecule has 0 amide bonds. The molecule has 3 heteroatoms. The lowest BCUT2D eigenvalue weighted by Crippen LogP contribution is -2.34.